The van der Waals surface area contributed by atoms with Gasteiger partial charge >= 0.3 is 0 Å². The van der Waals surface area contributed by atoms with Crippen LogP contribution >= 0.6 is 23.2 Å². The van der Waals surface area contributed by atoms with E-state index in [2.05, 4.69) is 20.4 Å². The molecule has 4 rings (SSSR count). The molecule has 0 bridgehead atoms. The van der Waals surface area contributed by atoms with E-state index in [0.717, 1.165) is 22.4 Å². The Hall–Kier alpha value is -2.63. The summed E-state index contributed by atoms with van der Waals surface area (Å²) in [5, 5.41) is 9.91. The molecule has 0 saturated heterocycles. The molecular weight excluding hydrogens is 357 g/mol. The standard InChI is InChI=1S/C18H13Cl2N5/c1-11-22-17(24-14-4-2-3-13(20)9-14)16-10-21-25(18(16)23-11)15-7-5-12(19)6-8-15/h2-10H,1H3,(H,22,23,24). The van der Waals surface area contributed by atoms with Gasteiger partial charge in [-0.05, 0) is 49.4 Å². The average Bonchev–Trinajstić information content (AvgIpc) is 2.99. The molecule has 2 heterocycles. The molecule has 0 aliphatic rings. The van der Waals surface area contributed by atoms with Gasteiger partial charge in [0, 0.05) is 15.7 Å². The molecule has 0 spiro atoms. The van der Waals surface area contributed by atoms with Crippen LogP contribution in [0.25, 0.3) is 16.7 Å². The second kappa shape index (κ2) is 6.35. The smallest absolute Gasteiger partial charge is 0.168 e. The highest BCUT2D eigenvalue weighted by atomic mass is 35.5. The normalized spacial score (nSPS) is 11.0. The molecule has 0 amide bonds. The van der Waals surface area contributed by atoms with Gasteiger partial charge in [0.05, 0.1) is 17.3 Å². The van der Waals surface area contributed by atoms with Crippen LogP contribution in [0.3, 0.4) is 0 Å². The molecule has 0 saturated carbocycles. The van der Waals surface area contributed by atoms with Gasteiger partial charge in [-0.1, -0.05) is 29.3 Å². The second-order valence-electron chi connectivity index (χ2n) is 5.52. The van der Waals surface area contributed by atoms with Gasteiger partial charge in [0.2, 0.25) is 0 Å². The third-order valence-electron chi connectivity index (χ3n) is 3.70. The monoisotopic (exact) mass is 369 g/mol. The van der Waals surface area contributed by atoms with Crippen molar-refractivity contribution in [2.24, 2.45) is 0 Å². The van der Waals surface area contributed by atoms with E-state index < -0.39 is 0 Å². The number of benzene rings is 2. The van der Waals surface area contributed by atoms with Gasteiger partial charge in [-0.15, -0.1) is 0 Å². The SMILES string of the molecule is Cc1nc(Nc2cccc(Cl)c2)c2cnn(-c3ccc(Cl)cc3)c2n1. The molecule has 0 fully saturated rings. The van der Waals surface area contributed by atoms with Gasteiger partial charge < -0.3 is 5.32 Å². The zero-order valence-electron chi connectivity index (χ0n) is 13.2. The number of halogens is 2. The third-order valence-corrected chi connectivity index (χ3v) is 4.19. The van der Waals surface area contributed by atoms with E-state index in [4.69, 9.17) is 23.2 Å². The van der Waals surface area contributed by atoms with E-state index in [-0.39, 0.29) is 0 Å². The first kappa shape index (κ1) is 15.9. The fraction of sp³-hybridized carbons (Fsp3) is 0.0556. The minimum atomic E-state index is 0.646. The van der Waals surface area contributed by atoms with Crippen molar-refractivity contribution in [2.45, 2.75) is 6.92 Å². The Balaban J connectivity index is 1.82. The summed E-state index contributed by atoms with van der Waals surface area (Å²) in [6, 6.07) is 14.9. The first-order chi connectivity index (χ1) is 12.1. The summed E-state index contributed by atoms with van der Waals surface area (Å²) < 4.78 is 1.77. The minimum Gasteiger partial charge on any atom is -0.339 e. The molecule has 5 nitrogen and oxygen atoms in total. The quantitative estimate of drug-likeness (QED) is 0.540. The molecule has 0 aliphatic carbocycles. The Morgan fingerprint density at radius 2 is 1.76 bits per heavy atom. The number of nitrogens with zero attached hydrogens (tertiary/aromatic N) is 4. The first-order valence-electron chi connectivity index (χ1n) is 7.61. The van der Waals surface area contributed by atoms with E-state index in [9.17, 15) is 0 Å². The lowest BCUT2D eigenvalue weighted by Crippen LogP contribution is -2.02. The summed E-state index contributed by atoms with van der Waals surface area (Å²) in [5.41, 5.74) is 2.46. The van der Waals surface area contributed by atoms with E-state index in [1.165, 1.54) is 0 Å². The van der Waals surface area contributed by atoms with Crippen molar-refractivity contribution in [3.05, 3.63) is 70.6 Å². The Labute approximate surface area is 154 Å². The van der Waals surface area contributed by atoms with Gasteiger partial charge in [0.15, 0.2) is 5.65 Å². The molecule has 124 valence electrons. The molecular formula is C18H13Cl2N5. The van der Waals surface area contributed by atoms with Crippen molar-refractivity contribution >= 4 is 45.7 Å². The van der Waals surface area contributed by atoms with Crippen LogP contribution in [-0.2, 0) is 0 Å². The summed E-state index contributed by atoms with van der Waals surface area (Å²) in [6.45, 7) is 1.85. The molecule has 1 N–H and O–H groups in total. The van der Waals surface area contributed by atoms with Crippen molar-refractivity contribution in [1.82, 2.24) is 19.7 Å². The molecule has 0 radical (unpaired) electrons. The van der Waals surface area contributed by atoms with Crippen LogP contribution in [0.4, 0.5) is 11.5 Å². The molecule has 2 aromatic heterocycles. The van der Waals surface area contributed by atoms with Crippen LogP contribution < -0.4 is 5.32 Å². The number of hydrogen-bond donors (Lipinski definition) is 1. The fourth-order valence-corrected chi connectivity index (χ4v) is 2.90. The summed E-state index contributed by atoms with van der Waals surface area (Å²) in [6.07, 6.45) is 1.75. The molecule has 0 unspecified atom stereocenters. The third kappa shape index (κ3) is 3.16. The van der Waals surface area contributed by atoms with E-state index in [1.54, 1.807) is 10.9 Å². The van der Waals surface area contributed by atoms with Gasteiger partial charge in [0.25, 0.3) is 0 Å². The maximum Gasteiger partial charge on any atom is 0.168 e. The number of aryl methyl sites for hydroxylation is 1. The number of fused-ring (bicyclic) bond motifs is 1. The van der Waals surface area contributed by atoms with Crippen molar-refractivity contribution in [3.63, 3.8) is 0 Å². The lowest BCUT2D eigenvalue weighted by Gasteiger charge is -2.09. The van der Waals surface area contributed by atoms with E-state index >= 15 is 0 Å². The van der Waals surface area contributed by atoms with Crippen LogP contribution in [-0.4, -0.2) is 19.7 Å². The molecule has 0 atom stereocenters. The maximum absolute atomic E-state index is 6.06. The summed E-state index contributed by atoms with van der Waals surface area (Å²) in [7, 11) is 0. The first-order valence-corrected chi connectivity index (χ1v) is 8.37. The Morgan fingerprint density at radius 1 is 0.960 bits per heavy atom. The number of rotatable bonds is 3. The number of hydrogen-bond acceptors (Lipinski definition) is 4. The lowest BCUT2D eigenvalue weighted by molar-refractivity contribution is 0.890. The number of anilines is 2. The molecule has 0 aliphatic heterocycles. The highest BCUT2D eigenvalue weighted by Gasteiger charge is 2.13. The van der Waals surface area contributed by atoms with Crippen LogP contribution in [0.15, 0.2) is 54.7 Å². The van der Waals surface area contributed by atoms with Gasteiger partial charge in [-0.25, -0.2) is 14.6 Å². The van der Waals surface area contributed by atoms with Crippen LogP contribution in [0.1, 0.15) is 5.82 Å². The number of nitrogens with one attached hydrogen (secondary N) is 1. The van der Waals surface area contributed by atoms with Crippen molar-refractivity contribution in [1.29, 1.82) is 0 Å². The Morgan fingerprint density at radius 3 is 2.52 bits per heavy atom. The van der Waals surface area contributed by atoms with E-state index in [0.29, 0.717) is 21.7 Å². The van der Waals surface area contributed by atoms with Crippen molar-refractivity contribution in [3.8, 4) is 5.69 Å². The van der Waals surface area contributed by atoms with Gasteiger partial charge in [-0.3, -0.25) is 0 Å². The fourth-order valence-electron chi connectivity index (χ4n) is 2.59. The Bertz CT molecular complexity index is 1060. The summed E-state index contributed by atoms with van der Waals surface area (Å²) in [4.78, 5) is 9.05. The largest absolute Gasteiger partial charge is 0.339 e. The predicted molar refractivity (Wildman–Crippen MR) is 101 cm³/mol. The van der Waals surface area contributed by atoms with E-state index in [1.807, 2.05) is 55.5 Å². The summed E-state index contributed by atoms with van der Waals surface area (Å²) in [5.74, 6) is 1.33. The Kier molecular flexibility index (Phi) is 4.03. The van der Waals surface area contributed by atoms with Crippen molar-refractivity contribution < 1.29 is 0 Å². The highest BCUT2D eigenvalue weighted by Crippen LogP contribution is 2.27. The zero-order chi connectivity index (χ0) is 17.4. The molecule has 4 aromatic rings. The molecule has 25 heavy (non-hydrogen) atoms. The predicted octanol–water partition coefficient (Wildman–Crippen LogP) is 5.17. The maximum atomic E-state index is 6.06. The van der Waals surface area contributed by atoms with Crippen LogP contribution in [0.2, 0.25) is 10.0 Å². The van der Waals surface area contributed by atoms with Crippen LogP contribution in [0, 0.1) is 6.92 Å². The second-order valence-corrected chi connectivity index (χ2v) is 6.40. The van der Waals surface area contributed by atoms with Crippen LogP contribution in [0.5, 0.6) is 0 Å². The topological polar surface area (TPSA) is 55.6 Å². The molecule has 7 heteroatoms. The number of aromatic nitrogens is 4. The lowest BCUT2D eigenvalue weighted by atomic mass is 10.3. The minimum absolute atomic E-state index is 0.646. The summed E-state index contributed by atoms with van der Waals surface area (Å²) >= 11 is 12.0. The highest BCUT2D eigenvalue weighted by molar-refractivity contribution is 6.31. The van der Waals surface area contributed by atoms with Gasteiger partial charge in [0.1, 0.15) is 11.6 Å². The van der Waals surface area contributed by atoms with Gasteiger partial charge in [-0.2, -0.15) is 5.10 Å². The zero-order valence-corrected chi connectivity index (χ0v) is 14.8. The molecule has 2 aromatic carbocycles. The average molecular weight is 370 g/mol. The van der Waals surface area contributed by atoms with Crippen molar-refractivity contribution in [2.75, 3.05) is 5.32 Å².